The first-order chi connectivity index (χ1) is 10.3. The van der Waals surface area contributed by atoms with Gasteiger partial charge in [-0.2, -0.15) is 0 Å². The Morgan fingerprint density at radius 3 is 2.22 bits per heavy atom. The Kier molecular flexibility index (Phi) is 8.90. The van der Waals surface area contributed by atoms with Crippen molar-refractivity contribution in [1.82, 2.24) is 0 Å². The van der Waals surface area contributed by atoms with Crippen molar-refractivity contribution < 1.29 is 9.53 Å². The molecule has 2 nitrogen and oxygen atoms in total. The van der Waals surface area contributed by atoms with E-state index in [-0.39, 0.29) is 11.1 Å². The summed E-state index contributed by atoms with van der Waals surface area (Å²) in [4.78, 5) is 0. The molecule has 0 rings (SSSR count). The molecule has 0 aliphatic carbocycles. The van der Waals surface area contributed by atoms with Crippen LogP contribution in [0, 0.1) is 12.3 Å². The molecule has 0 aliphatic heterocycles. The maximum atomic E-state index is 10.3. The average molecular weight is 355 g/mol. The van der Waals surface area contributed by atoms with Gasteiger partial charge in [-0.15, -0.1) is 12.3 Å². The summed E-state index contributed by atoms with van der Waals surface area (Å²) in [5, 5.41) is 10.5. The van der Waals surface area contributed by atoms with E-state index in [0.29, 0.717) is 6.42 Å². The van der Waals surface area contributed by atoms with Crippen LogP contribution >= 0.6 is 0 Å². The van der Waals surface area contributed by atoms with E-state index in [0.717, 1.165) is 25.3 Å². The van der Waals surface area contributed by atoms with Crippen LogP contribution in [0.1, 0.15) is 46.5 Å². The Balaban J connectivity index is 4.94. The summed E-state index contributed by atoms with van der Waals surface area (Å²) >= 11 is 0. The Morgan fingerprint density at radius 2 is 1.78 bits per heavy atom. The summed E-state index contributed by atoms with van der Waals surface area (Å²) in [6.45, 7) is 18.4. The van der Waals surface area contributed by atoms with Crippen molar-refractivity contribution in [3.63, 3.8) is 0 Å². The number of terminal acetylenes is 1. The Hall–Kier alpha value is -0.506. The van der Waals surface area contributed by atoms with Crippen LogP contribution in [-0.4, -0.2) is 27.6 Å². The highest BCUT2D eigenvalue weighted by molar-refractivity contribution is 6.76. The van der Waals surface area contributed by atoms with E-state index in [9.17, 15) is 5.11 Å². The maximum Gasteiger partial charge on any atom is 0.249 e. The zero-order valence-corrected chi connectivity index (χ0v) is 18.6. The third-order valence-electron chi connectivity index (χ3n) is 4.44. The molecule has 0 heterocycles. The second-order valence-corrected chi connectivity index (χ2v) is 19.6. The molecule has 134 valence electrons. The molecule has 0 radical (unpaired) electrons. The van der Waals surface area contributed by atoms with Crippen LogP contribution in [0.25, 0.3) is 0 Å². The number of hydrogen-bond donors (Lipinski definition) is 1. The molecule has 1 N–H and O–H groups in total. The van der Waals surface area contributed by atoms with E-state index < -0.39 is 16.4 Å². The van der Waals surface area contributed by atoms with Crippen LogP contribution in [0.5, 0.6) is 0 Å². The fraction of sp³-hybridized carbons (Fsp3) is 0.789. The van der Waals surface area contributed by atoms with Gasteiger partial charge in [0, 0.05) is 14.5 Å². The predicted molar refractivity (Wildman–Crippen MR) is 108 cm³/mol. The Labute approximate surface area is 146 Å². The molecule has 1 atom stereocenters. The van der Waals surface area contributed by atoms with Crippen LogP contribution in [-0.2, 0) is 4.43 Å². The molecule has 0 saturated carbocycles. The van der Waals surface area contributed by atoms with Crippen LogP contribution in [0.15, 0.2) is 11.8 Å². The summed E-state index contributed by atoms with van der Waals surface area (Å²) in [6.07, 6.45) is 10.1. The number of hydrogen-bond acceptors (Lipinski definition) is 2. The molecule has 0 saturated heterocycles. The molecule has 0 amide bonds. The number of unbranched alkanes of at least 4 members (excludes halogenated alkanes) is 1. The van der Waals surface area contributed by atoms with Gasteiger partial charge in [0.25, 0.3) is 0 Å². The van der Waals surface area contributed by atoms with Gasteiger partial charge in [-0.3, -0.25) is 0 Å². The molecule has 0 aromatic carbocycles. The molecule has 0 fully saturated rings. The molecule has 23 heavy (non-hydrogen) atoms. The minimum absolute atomic E-state index is 0.194. The van der Waals surface area contributed by atoms with Gasteiger partial charge in [0.2, 0.25) is 8.32 Å². The van der Waals surface area contributed by atoms with Gasteiger partial charge >= 0.3 is 0 Å². The largest absolute Gasteiger partial charge is 0.549 e. The van der Waals surface area contributed by atoms with Crippen LogP contribution < -0.4 is 0 Å². The van der Waals surface area contributed by atoms with Crippen molar-refractivity contribution in [1.29, 1.82) is 0 Å². The van der Waals surface area contributed by atoms with Crippen LogP contribution in [0.3, 0.4) is 0 Å². The zero-order chi connectivity index (χ0) is 18.3. The van der Waals surface area contributed by atoms with Crippen molar-refractivity contribution in [2.75, 3.05) is 0 Å². The Bertz CT molecular complexity index is 420. The molecular weight excluding hydrogens is 316 g/mol. The normalized spacial score (nSPS) is 15.2. The summed E-state index contributed by atoms with van der Waals surface area (Å²) in [5.41, 5.74) is 1.27. The average Bonchev–Trinajstić information content (AvgIpc) is 2.33. The lowest BCUT2D eigenvalue weighted by Gasteiger charge is -2.35. The van der Waals surface area contributed by atoms with Crippen molar-refractivity contribution in [3.05, 3.63) is 11.8 Å². The first kappa shape index (κ1) is 22.5. The van der Waals surface area contributed by atoms with Crippen molar-refractivity contribution in [3.8, 4) is 12.3 Å². The van der Waals surface area contributed by atoms with Crippen LogP contribution in [0.4, 0.5) is 0 Å². The highest BCUT2D eigenvalue weighted by Crippen LogP contribution is 2.37. The van der Waals surface area contributed by atoms with Crippen molar-refractivity contribution >= 4 is 16.4 Å². The maximum absolute atomic E-state index is 10.3. The fourth-order valence-corrected chi connectivity index (χ4v) is 4.50. The quantitative estimate of drug-likeness (QED) is 0.246. The van der Waals surface area contributed by atoms with E-state index in [1.54, 1.807) is 0 Å². The Morgan fingerprint density at radius 1 is 1.22 bits per heavy atom. The van der Waals surface area contributed by atoms with Gasteiger partial charge in [0.05, 0.1) is 12.4 Å². The fourth-order valence-electron chi connectivity index (χ4n) is 2.10. The molecule has 0 aromatic rings. The van der Waals surface area contributed by atoms with Crippen LogP contribution in [0.2, 0.25) is 43.8 Å². The van der Waals surface area contributed by atoms with E-state index in [1.165, 1.54) is 5.57 Å². The SMILES string of the molecule is C#CCCCC(O)C/C(=C/O[Si](C)(C)C(C)(C)C)C[Si](C)(C)C. The van der Waals surface area contributed by atoms with Gasteiger partial charge in [0.15, 0.2) is 0 Å². The third kappa shape index (κ3) is 10.1. The number of aliphatic hydroxyl groups is 1. The summed E-state index contributed by atoms with van der Waals surface area (Å²) in [6, 6.07) is 1.08. The van der Waals surface area contributed by atoms with Gasteiger partial charge in [-0.05, 0) is 49.0 Å². The molecule has 4 heteroatoms. The highest BCUT2D eigenvalue weighted by atomic mass is 28.4. The predicted octanol–water partition coefficient (Wildman–Crippen LogP) is 5.78. The topological polar surface area (TPSA) is 29.5 Å². The lowest BCUT2D eigenvalue weighted by molar-refractivity contribution is 0.161. The second-order valence-electron chi connectivity index (χ2n) is 9.35. The summed E-state index contributed by atoms with van der Waals surface area (Å²) in [7, 11) is -3.04. The summed E-state index contributed by atoms with van der Waals surface area (Å²) < 4.78 is 6.28. The monoisotopic (exact) mass is 354 g/mol. The number of rotatable bonds is 9. The molecule has 0 aliphatic rings. The van der Waals surface area contributed by atoms with Crippen molar-refractivity contribution in [2.24, 2.45) is 0 Å². The molecule has 0 bridgehead atoms. The lowest BCUT2D eigenvalue weighted by Crippen LogP contribution is -2.39. The minimum atomic E-state index is -1.79. The molecule has 1 unspecified atom stereocenters. The first-order valence-corrected chi connectivity index (χ1v) is 15.4. The van der Waals surface area contributed by atoms with Gasteiger partial charge in [-0.25, -0.2) is 0 Å². The molecular formula is C19H38O2Si2. The van der Waals surface area contributed by atoms with Crippen molar-refractivity contribution in [2.45, 2.75) is 96.4 Å². The van der Waals surface area contributed by atoms with Gasteiger partial charge in [-0.1, -0.05) is 40.4 Å². The highest BCUT2D eigenvalue weighted by Gasteiger charge is 2.38. The molecule has 0 aromatic heterocycles. The van der Waals surface area contributed by atoms with E-state index in [2.05, 4.69) is 59.4 Å². The second kappa shape index (κ2) is 9.10. The summed E-state index contributed by atoms with van der Waals surface area (Å²) in [5.74, 6) is 2.64. The smallest absolute Gasteiger partial charge is 0.249 e. The standard InChI is InChI=1S/C19H38O2Si2/c1-10-11-12-13-18(20)14-17(16-22(5,6)7)15-21-23(8,9)19(2,3)4/h1,15,18,20H,11-14,16H2,2-9H3/b17-15-. The van der Waals surface area contributed by atoms with E-state index in [4.69, 9.17) is 10.8 Å². The van der Waals surface area contributed by atoms with Gasteiger partial charge < -0.3 is 9.53 Å². The zero-order valence-electron chi connectivity index (χ0n) is 16.6. The molecule has 0 spiro atoms. The van der Waals surface area contributed by atoms with E-state index >= 15 is 0 Å². The third-order valence-corrected chi connectivity index (χ3v) is 10.3. The first-order valence-electron chi connectivity index (χ1n) is 8.76. The van der Waals surface area contributed by atoms with Gasteiger partial charge in [0.1, 0.15) is 0 Å². The lowest BCUT2D eigenvalue weighted by atomic mass is 10.1. The number of aliphatic hydroxyl groups excluding tert-OH is 1. The minimum Gasteiger partial charge on any atom is -0.549 e. The van der Waals surface area contributed by atoms with E-state index in [1.807, 2.05) is 6.26 Å².